The van der Waals surface area contributed by atoms with Crippen LogP contribution in [-0.2, 0) is 0 Å². The molecule has 0 heterocycles. The Morgan fingerprint density at radius 2 is 0.474 bits per heavy atom. The third-order valence-electron chi connectivity index (χ3n) is 10.9. The van der Waals surface area contributed by atoms with Gasteiger partial charge in [-0.05, 0) is 146 Å². The molecule has 0 spiro atoms. The average Bonchev–Trinajstić information content (AvgIpc) is 3.28. The van der Waals surface area contributed by atoms with E-state index in [0.717, 1.165) is 17.1 Å². The third kappa shape index (κ3) is 7.57. The van der Waals surface area contributed by atoms with Crippen LogP contribution in [0.4, 0.5) is 17.1 Å². The highest BCUT2D eigenvalue weighted by molar-refractivity contribution is 5.86. The number of hydrogen-bond donors (Lipinski definition) is 0. The Bertz CT molecular complexity index is 2570. The molecule has 0 aliphatic rings. The van der Waals surface area contributed by atoms with Crippen molar-refractivity contribution in [2.75, 3.05) is 4.90 Å². The van der Waals surface area contributed by atoms with Gasteiger partial charge in [-0.15, -0.1) is 0 Å². The smallest absolute Gasteiger partial charge is 0.0462 e. The third-order valence-corrected chi connectivity index (χ3v) is 10.9. The maximum atomic E-state index is 2.35. The lowest BCUT2D eigenvalue weighted by Gasteiger charge is -2.26. The van der Waals surface area contributed by atoms with Gasteiger partial charge in [-0.2, -0.15) is 0 Å². The zero-order valence-electron chi connectivity index (χ0n) is 32.3. The van der Waals surface area contributed by atoms with Crippen LogP contribution in [0.25, 0.3) is 66.8 Å². The summed E-state index contributed by atoms with van der Waals surface area (Å²) in [7, 11) is 0. The largest absolute Gasteiger partial charge is 0.311 e. The number of anilines is 3. The zero-order chi connectivity index (χ0) is 38.6. The molecule has 0 fully saturated rings. The monoisotopic (exact) mass is 729 g/mol. The lowest BCUT2D eigenvalue weighted by Crippen LogP contribution is -2.09. The van der Waals surface area contributed by atoms with Crippen molar-refractivity contribution in [3.8, 4) is 66.8 Å². The number of hydrogen-bond acceptors (Lipinski definition) is 1. The van der Waals surface area contributed by atoms with Crippen LogP contribution in [0.2, 0.25) is 0 Å². The van der Waals surface area contributed by atoms with Crippen molar-refractivity contribution in [2.45, 2.75) is 13.8 Å². The Hall–Kier alpha value is -7.22. The molecule has 57 heavy (non-hydrogen) atoms. The molecular formula is C56H43N. The summed E-state index contributed by atoms with van der Waals surface area (Å²) in [5.74, 6) is 0. The van der Waals surface area contributed by atoms with Gasteiger partial charge in [0.05, 0.1) is 0 Å². The first-order chi connectivity index (χ1) is 28.1. The molecule has 272 valence electrons. The molecule has 1 heteroatoms. The normalized spacial score (nSPS) is 11.0. The molecule has 0 aliphatic heterocycles. The van der Waals surface area contributed by atoms with E-state index in [9.17, 15) is 0 Å². The summed E-state index contributed by atoms with van der Waals surface area (Å²) in [6, 6.07) is 81.0. The molecule has 1 nitrogen and oxygen atoms in total. The van der Waals surface area contributed by atoms with Gasteiger partial charge in [-0.1, -0.05) is 170 Å². The van der Waals surface area contributed by atoms with Crippen LogP contribution in [0.5, 0.6) is 0 Å². The van der Waals surface area contributed by atoms with Crippen molar-refractivity contribution >= 4 is 17.1 Å². The van der Waals surface area contributed by atoms with Crippen LogP contribution in [0.15, 0.2) is 224 Å². The van der Waals surface area contributed by atoms with Crippen LogP contribution < -0.4 is 4.90 Å². The Kier molecular flexibility index (Phi) is 9.88. The molecule has 9 aromatic carbocycles. The molecule has 0 radical (unpaired) electrons. The van der Waals surface area contributed by atoms with Gasteiger partial charge in [0.2, 0.25) is 0 Å². The van der Waals surface area contributed by atoms with E-state index in [1.165, 1.54) is 77.9 Å². The molecule has 0 saturated heterocycles. The van der Waals surface area contributed by atoms with Gasteiger partial charge in [-0.3, -0.25) is 0 Å². The maximum absolute atomic E-state index is 2.35. The Morgan fingerprint density at radius 3 is 0.807 bits per heavy atom. The Balaban J connectivity index is 1.07. The maximum Gasteiger partial charge on any atom is 0.0462 e. The quantitative estimate of drug-likeness (QED) is 0.143. The van der Waals surface area contributed by atoms with E-state index in [1.807, 2.05) is 0 Å². The summed E-state index contributed by atoms with van der Waals surface area (Å²) in [5.41, 5.74) is 20.5. The predicted molar refractivity (Wildman–Crippen MR) is 243 cm³/mol. The molecule has 0 amide bonds. The summed E-state index contributed by atoms with van der Waals surface area (Å²) in [5, 5.41) is 0. The summed E-state index contributed by atoms with van der Waals surface area (Å²) < 4.78 is 0. The predicted octanol–water partition coefficient (Wildman–Crippen LogP) is 15.8. The van der Waals surface area contributed by atoms with Crippen molar-refractivity contribution in [2.24, 2.45) is 0 Å². The second-order valence-electron chi connectivity index (χ2n) is 14.7. The van der Waals surface area contributed by atoms with Crippen molar-refractivity contribution in [3.63, 3.8) is 0 Å². The van der Waals surface area contributed by atoms with Gasteiger partial charge >= 0.3 is 0 Å². The molecule has 0 N–H and O–H groups in total. The minimum Gasteiger partial charge on any atom is -0.311 e. The van der Waals surface area contributed by atoms with E-state index in [1.54, 1.807) is 0 Å². The molecule has 0 aromatic heterocycles. The minimum atomic E-state index is 1.11. The summed E-state index contributed by atoms with van der Waals surface area (Å²) >= 11 is 0. The van der Waals surface area contributed by atoms with E-state index in [0.29, 0.717) is 0 Å². The highest BCUT2D eigenvalue weighted by Gasteiger charge is 2.16. The Morgan fingerprint density at radius 1 is 0.228 bits per heavy atom. The van der Waals surface area contributed by atoms with E-state index < -0.39 is 0 Å². The summed E-state index contributed by atoms with van der Waals surface area (Å²) in [4.78, 5) is 2.34. The molecule has 0 atom stereocenters. The molecule has 9 rings (SSSR count). The highest BCUT2D eigenvalue weighted by Crippen LogP contribution is 2.40. The van der Waals surface area contributed by atoms with Crippen molar-refractivity contribution in [1.29, 1.82) is 0 Å². The van der Waals surface area contributed by atoms with Gasteiger partial charge < -0.3 is 4.90 Å². The van der Waals surface area contributed by atoms with E-state index in [-0.39, 0.29) is 0 Å². The minimum absolute atomic E-state index is 1.11. The van der Waals surface area contributed by atoms with Gasteiger partial charge in [0.1, 0.15) is 0 Å². The lowest BCUT2D eigenvalue weighted by atomic mass is 9.88. The van der Waals surface area contributed by atoms with Crippen LogP contribution in [-0.4, -0.2) is 0 Å². The fraction of sp³-hybridized carbons (Fsp3) is 0.0357. The van der Waals surface area contributed by atoms with Crippen molar-refractivity contribution in [1.82, 2.24) is 0 Å². The lowest BCUT2D eigenvalue weighted by molar-refractivity contribution is 1.28. The standard InChI is InChI=1S/C56H43N/c1-40-35-49(36-41(2)56(40)52-38-50(44-19-11-5-12-20-44)37-51(39-52)45-21-13-6-14-22-45)48-27-33-55(34-28-48)57(53-29-23-46(24-30-53)42-15-7-3-8-16-42)54-31-25-47(26-32-54)43-17-9-4-10-18-43/h3-39H,1-2H3. The van der Waals surface area contributed by atoms with Gasteiger partial charge in [-0.25, -0.2) is 0 Å². The van der Waals surface area contributed by atoms with Crippen LogP contribution in [0.3, 0.4) is 0 Å². The first-order valence-corrected chi connectivity index (χ1v) is 19.7. The summed E-state index contributed by atoms with van der Waals surface area (Å²) in [6.45, 7) is 4.50. The number of nitrogens with zero attached hydrogens (tertiary/aromatic N) is 1. The fourth-order valence-electron chi connectivity index (χ4n) is 8.07. The number of rotatable bonds is 9. The second-order valence-corrected chi connectivity index (χ2v) is 14.7. The Labute approximate surface area is 336 Å². The molecular weight excluding hydrogens is 687 g/mol. The topological polar surface area (TPSA) is 3.24 Å². The molecule has 9 aromatic rings. The first-order valence-electron chi connectivity index (χ1n) is 19.7. The zero-order valence-corrected chi connectivity index (χ0v) is 32.3. The molecule has 0 unspecified atom stereocenters. The number of benzene rings is 9. The van der Waals surface area contributed by atoms with Crippen molar-refractivity contribution in [3.05, 3.63) is 236 Å². The number of aryl methyl sites for hydroxylation is 2. The first kappa shape index (κ1) is 35.5. The van der Waals surface area contributed by atoms with Crippen LogP contribution in [0, 0.1) is 13.8 Å². The molecule has 0 aliphatic carbocycles. The fourth-order valence-corrected chi connectivity index (χ4v) is 8.07. The van der Waals surface area contributed by atoms with E-state index >= 15 is 0 Å². The molecule has 0 bridgehead atoms. The SMILES string of the molecule is Cc1cc(-c2ccc(N(c3ccc(-c4ccccc4)cc3)c3ccc(-c4ccccc4)cc3)cc2)cc(C)c1-c1cc(-c2ccccc2)cc(-c2ccccc2)c1. The van der Waals surface area contributed by atoms with E-state index in [2.05, 4.69) is 243 Å². The van der Waals surface area contributed by atoms with Crippen molar-refractivity contribution < 1.29 is 0 Å². The molecule has 0 saturated carbocycles. The van der Waals surface area contributed by atoms with Crippen LogP contribution >= 0.6 is 0 Å². The van der Waals surface area contributed by atoms with E-state index in [4.69, 9.17) is 0 Å². The average molecular weight is 730 g/mol. The second kappa shape index (κ2) is 15.9. The van der Waals surface area contributed by atoms with Gasteiger partial charge in [0.25, 0.3) is 0 Å². The van der Waals surface area contributed by atoms with Gasteiger partial charge in [0, 0.05) is 17.1 Å². The summed E-state index contributed by atoms with van der Waals surface area (Å²) in [6.07, 6.45) is 0. The highest BCUT2D eigenvalue weighted by atomic mass is 15.1. The van der Waals surface area contributed by atoms with Crippen LogP contribution in [0.1, 0.15) is 11.1 Å². The van der Waals surface area contributed by atoms with Gasteiger partial charge in [0.15, 0.2) is 0 Å².